The van der Waals surface area contributed by atoms with Gasteiger partial charge in [0.25, 0.3) is 0 Å². The summed E-state index contributed by atoms with van der Waals surface area (Å²) in [6, 6.07) is 9.13. The lowest BCUT2D eigenvalue weighted by molar-refractivity contribution is 0.224. The number of aromatic nitrogens is 2. The molecule has 3 aliphatic rings. The van der Waals surface area contributed by atoms with Crippen LogP contribution in [0.5, 0.6) is 5.75 Å². The molecule has 0 unspecified atom stereocenters. The zero-order valence-electron chi connectivity index (χ0n) is 18.2. The first-order chi connectivity index (χ1) is 14.7. The Balaban J connectivity index is 1.23. The van der Waals surface area contributed by atoms with Crippen LogP contribution >= 0.6 is 0 Å². The van der Waals surface area contributed by atoms with E-state index >= 15 is 0 Å². The number of fused-ring (bicyclic) bond motifs is 1. The molecule has 0 radical (unpaired) electrons. The number of piperidine rings is 1. The summed E-state index contributed by atoms with van der Waals surface area (Å²) < 4.78 is 5.34. The molecule has 2 aromatic rings. The molecule has 30 heavy (non-hydrogen) atoms. The van der Waals surface area contributed by atoms with Crippen molar-refractivity contribution in [2.45, 2.75) is 31.8 Å². The third kappa shape index (κ3) is 3.91. The normalized spacial score (nSPS) is 27.4. The molecule has 3 fully saturated rings. The fourth-order valence-electron chi connectivity index (χ4n) is 5.73. The Morgan fingerprint density at radius 1 is 0.967 bits per heavy atom. The monoisotopic (exact) mass is 407 g/mol. The highest BCUT2D eigenvalue weighted by atomic mass is 16.5. The summed E-state index contributed by atoms with van der Waals surface area (Å²) in [5.41, 5.74) is 2.63. The van der Waals surface area contributed by atoms with Crippen molar-refractivity contribution in [1.82, 2.24) is 19.8 Å². The highest BCUT2D eigenvalue weighted by molar-refractivity contribution is 5.31. The van der Waals surface area contributed by atoms with Crippen molar-refractivity contribution in [3.05, 3.63) is 47.8 Å². The molecule has 4 heterocycles. The van der Waals surface area contributed by atoms with Crippen molar-refractivity contribution in [2.24, 2.45) is 11.8 Å². The maximum Gasteiger partial charge on any atom is 0.225 e. The minimum atomic E-state index is 0.489. The third-order valence-electron chi connectivity index (χ3n) is 7.16. The van der Waals surface area contributed by atoms with E-state index in [0.717, 1.165) is 50.3 Å². The van der Waals surface area contributed by atoms with Crippen molar-refractivity contribution < 1.29 is 4.74 Å². The number of hydrogen-bond acceptors (Lipinski definition) is 6. The largest absolute Gasteiger partial charge is 0.497 e. The van der Waals surface area contributed by atoms with Crippen molar-refractivity contribution >= 4 is 5.95 Å². The van der Waals surface area contributed by atoms with Crippen LogP contribution in [-0.4, -0.2) is 66.6 Å². The maximum atomic E-state index is 5.34. The summed E-state index contributed by atoms with van der Waals surface area (Å²) in [4.78, 5) is 16.8. The molecular weight excluding hydrogens is 374 g/mol. The lowest BCUT2D eigenvalue weighted by atomic mass is 9.89. The Kier molecular flexibility index (Phi) is 5.61. The van der Waals surface area contributed by atoms with Crippen molar-refractivity contribution in [3.63, 3.8) is 0 Å². The number of hydrogen-bond donors (Lipinski definition) is 0. The average molecular weight is 408 g/mol. The van der Waals surface area contributed by atoms with Gasteiger partial charge in [0.2, 0.25) is 5.95 Å². The van der Waals surface area contributed by atoms with Crippen molar-refractivity contribution in [2.75, 3.05) is 51.8 Å². The zero-order chi connectivity index (χ0) is 20.5. The van der Waals surface area contributed by atoms with Crippen LogP contribution in [-0.2, 0) is 6.54 Å². The molecule has 1 aromatic heterocycles. The van der Waals surface area contributed by atoms with E-state index < -0.39 is 0 Å². The van der Waals surface area contributed by atoms with E-state index in [9.17, 15) is 0 Å². The number of anilines is 1. The Hall–Kier alpha value is -2.18. The first-order valence-electron chi connectivity index (χ1n) is 11.3. The van der Waals surface area contributed by atoms with Gasteiger partial charge < -0.3 is 9.64 Å². The van der Waals surface area contributed by atoms with Gasteiger partial charge in [0.1, 0.15) is 5.75 Å². The predicted octanol–water partition coefficient (Wildman–Crippen LogP) is 3.21. The molecule has 3 atom stereocenters. The highest BCUT2D eigenvalue weighted by Gasteiger charge is 2.45. The first-order valence-corrected chi connectivity index (χ1v) is 11.3. The van der Waals surface area contributed by atoms with E-state index in [0.29, 0.717) is 12.0 Å². The Bertz CT molecular complexity index is 834. The van der Waals surface area contributed by atoms with Crippen LogP contribution in [0.3, 0.4) is 0 Å². The summed E-state index contributed by atoms with van der Waals surface area (Å²) in [6.45, 7) is 6.61. The molecule has 3 aliphatic heterocycles. The molecular formula is C24H33N5O. The fraction of sp³-hybridized carbons (Fsp3) is 0.583. The summed E-state index contributed by atoms with van der Waals surface area (Å²) in [7, 11) is 4.00. The molecule has 6 nitrogen and oxygen atoms in total. The van der Waals surface area contributed by atoms with Gasteiger partial charge in [0.05, 0.1) is 7.11 Å². The lowest BCUT2D eigenvalue weighted by Gasteiger charge is -2.27. The molecule has 1 aromatic carbocycles. The quantitative estimate of drug-likeness (QED) is 0.758. The van der Waals surface area contributed by atoms with E-state index in [1.165, 1.54) is 36.9 Å². The van der Waals surface area contributed by atoms with Gasteiger partial charge in [0.15, 0.2) is 0 Å². The molecule has 0 saturated carbocycles. The molecule has 0 N–H and O–H groups in total. The molecule has 160 valence electrons. The standard InChI is InChI=1S/C24H33N5O/c1-27-15-20-16-28(17-22(20)23(27)19-6-8-21(30-2)9-7-19)14-18-12-25-24(26-13-18)29-10-4-3-5-11-29/h6-9,12-13,20,22-23H,3-5,10-11,14-17H2,1-2H3/t20-,22+,23+/m0/s1. The SMILES string of the molecule is COc1ccc([C@@H]2[C@@H]3CN(Cc4cnc(N5CCCCC5)nc4)C[C@@H]3CN2C)cc1. The van der Waals surface area contributed by atoms with E-state index in [4.69, 9.17) is 4.74 Å². The second-order valence-electron chi connectivity index (χ2n) is 9.21. The zero-order valence-corrected chi connectivity index (χ0v) is 18.2. The first kappa shape index (κ1) is 19.8. The van der Waals surface area contributed by atoms with Gasteiger partial charge in [-0.3, -0.25) is 9.80 Å². The van der Waals surface area contributed by atoms with Crippen LogP contribution in [0.4, 0.5) is 5.95 Å². The molecule has 3 saturated heterocycles. The van der Waals surface area contributed by atoms with Crippen LogP contribution < -0.4 is 9.64 Å². The van der Waals surface area contributed by atoms with Gasteiger partial charge in [0, 0.05) is 63.3 Å². The number of ether oxygens (including phenoxy) is 1. The van der Waals surface area contributed by atoms with Gasteiger partial charge in [-0.05, 0) is 55.8 Å². The van der Waals surface area contributed by atoms with E-state index in [-0.39, 0.29) is 0 Å². The maximum absolute atomic E-state index is 5.34. The van der Waals surface area contributed by atoms with Crippen LogP contribution in [0, 0.1) is 11.8 Å². The number of nitrogens with zero attached hydrogens (tertiary/aromatic N) is 5. The Morgan fingerprint density at radius 2 is 1.70 bits per heavy atom. The van der Waals surface area contributed by atoms with Gasteiger partial charge >= 0.3 is 0 Å². The molecule has 0 bridgehead atoms. The summed E-state index contributed by atoms with van der Waals surface area (Å²) in [5, 5.41) is 0. The van der Waals surface area contributed by atoms with Crippen LogP contribution in [0.15, 0.2) is 36.7 Å². The Morgan fingerprint density at radius 3 is 2.40 bits per heavy atom. The van der Waals surface area contributed by atoms with Gasteiger partial charge in [-0.1, -0.05) is 12.1 Å². The van der Waals surface area contributed by atoms with E-state index in [2.05, 4.69) is 56.0 Å². The Labute approximate surface area is 179 Å². The third-order valence-corrected chi connectivity index (χ3v) is 7.16. The summed E-state index contributed by atoms with van der Waals surface area (Å²) >= 11 is 0. The van der Waals surface area contributed by atoms with Crippen LogP contribution in [0.25, 0.3) is 0 Å². The topological polar surface area (TPSA) is 44.7 Å². The predicted molar refractivity (Wildman–Crippen MR) is 119 cm³/mol. The van der Waals surface area contributed by atoms with Crippen molar-refractivity contribution in [3.8, 4) is 5.75 Å². The smallest absolute Gasteiger partial charge is 0.225 e. The highest BCUT2D eigenvalue weighted by Crippen LogP contribution is 2.44. The van der Waals surface area contributed by atoms with E-state index in [1.54, 1.807) is 7.11 Å². The molecule has 5 rings (SSSR count). The second-order valence-corrected chi connectivity index (χ2v) is 9.21. The van der Waals surface area contributed by atoms with Gasteiger partial charge in [-0.25, -0.2) is 9.97 Å². The van der Waals surface area contributed by atoms with Crippen LogP contribution in [0.2, 0.25) is 0 Å². The average Bonchev–Trinajstić information content (AvgIpc) is 3.30. The molecule has 0 spiro atoms. The van der Waals surface area contributed by atoms with Gasteiger partial charge in [-0.2, -0.15) is 0 Å². The molecule has 0 amide bonds. The number of likely N-dealkylation sites (tertiary alicyclic amines) is 2. The van der Waals surface area contributed by atoms with Gasteiger partial charge in [-0.15, -0.1) is 0 Å². The lowest BCUT2D eigenvalue weighted by Crippen LogP contribution is -2.31. The summed E-state index contributed by atoms with van der Waals surface area (Å²) in [5.74, 6) is 3.24. The number of methoxy groups -OCH3 is 1. The van der Waals surface area contributed by atoms with Crippen molar-refractivity contribution in [1.29, 1.82) is 0 Å². The molecule has 6 heteroatoms. The fourth-order valence-corrected chi connectivity index (χ4v) is 5.73. The minimum absolute atomic E-state index is 0.489. The number of benzene rings is 1. The van der Waals surface area contributed by atoms with Crippen LogP contribution in [0.1, 0.15) is 36.4 Å². The number of rotatable bonds is 5. The minimum Gasteiger partial charge on any atom is -0.497 e. The molecule has 0 aliphatic carbocycles. The summed E-state index contributed by atoms with van der Waals surface area (Å²) in [6.07, 6.45) is 7.92. The second kappa shape index (κ2) is 8.52. The van der Waals surface area contributed by atoms with E-state index in [1.807, 2.05) is 12.4 Å².